The number of sulfonamides is 1. The zero-order chi connectivity index (χ0) is 25.2. The van der Waals surface area contributed by atoms with Gasteiger partial charge in [-0.05, 0) is 31.2 Å². The number of nitrogens with one attached hydrogen (secondary N) is 1. The number of aliphatic imine (C=N–C) groups is 1. The van der Waals surface area contributed by atoms with Crippen LogP contribution in [0.25, 0.3) is 0 Å². The molecule has 34 heavy (non-hydrogen) atoms. The zero-order valence-corrected chi connectivity index (χ0v) is 19.7. The summed E-state index contributed by atoms with van der Waals surface area (Å²) in [7, 11) is -3.88. The number of amides is 1. The summed E-state index contributed by atoms with van der Waals surface area (Å²) in [6.45, 7) is 0.517. The molecule has 1 saturated heterocycles. The van der Waals surface area contributed by atoms with E-state index in [1.807, 2.05) is 6.07 Å². The van der Waals surface area contributed by atoms with Crippen LogP contribution in [0.4, 0.5) is 0 Å². The number of likely N-dealkylation sites (tertiary alicyclic amines) is 1. The Morgan fingerprint density at radius 2 is 1.91 bits per heavy atom. The fourth-order valence-corrected chi connectivity index (χ4v) is 4.39. The fraction of sp³-hybridized carbons (Fsp3) is 0.524. The number of benzene rings is 1. The van der Waals surface area contributed by atoms with Gasteiger partial charge in [-0.15, -0.1) is 0 Å². The van der Waals surface area contributed by atoms with Crippen molar-refractivity contribution in [3.8, 4) is 0 Å². The average molecular weight is 497 g/mol. The van der Waals surface area contributed by atoms with Gasteiger partial charge in [0.2, 0.25) is 15.9 Å². The summed E-state index contributed by atoms with van der Waals surface area (Å²) in [5.41, 5.74) is 15.2. The number of hydrogen-bond donors (Lipinski definition) is 4. The lowest BCUT2D eigenvalue weighted by Crippen LogP contribution is -2.56. The minimum absolute atomic E-state index is 0.0976. The molecular formula is C21H32N6O6S. The Morgan fingerprint density at radius 1 is 1.24 bits per heavy atom. The summed E-state index contributed by atoms with van der Waals surface area (Å²) in [6.07, 6.45) is 1.42. The Morgan fingerprint density at radius 3 is 2.47 bits per heavy atom. The first-order valence-corrected chi connectivity index (χ1v) is 12.5. The third kappa shape index (κ3) is 8.39. The molecule has 0 unspecified atom stereocenters. The monoisotopic (exact) mass is 496 g/mol. The normalized spacial score (nSPS) is 16.0. The third-order valence-electron chi connectivity index (χ3n) is 5.30. The van der Waals surface area contributed by atoms with Crippen molar-refractivity contribution in [2.24, 2.45) is 22.2 Å². The highest BCUT2D eigenvalue weighted by Gasteiger charge is 2.37. The Labute approximate surface area is 198 Å². The van der Waals surface area contributed by atoms with Crippen LogP contribution in [0.5, 0.6) is 0 Å². The van der Waals surface area contributed by atoms with Crippen molar-refractivity contribution in [2.75, 3.05) is 32.0 Å². The molecule has 0 saturated carbocycles. The van der Waals surface area contributed by atoms with Gasteiger partial charge >= 0.3 is 5.97 Å². The number of nitrogens with two attached hydrogens (primary N) is 3. The molecule has 12 nitrogen and oxygen atoms in total. The number of ether oxygens (including phenoxy) is 1. The summed E-state index contributed by atoms with van der Waals surface area (Å²) < 4.78 is 32.7. The summed E-state index contributed by atoms with van der Waals surface area (Å²) in [5, 5.41) is 0. The molecule has 1 aliphatic heterocycles. The van der Waals surface area contributed by atoms with Crippen LogP contribution in [0.15, 0.2) is 35.3 Å². The van der Waals surface area contributed by atoms with Gasteiger partial charge in [0.05, 0.1) is 5.75 Å². The molecule has 13 heteroatoms. The minimum atomic E-state index is -3.88. The highest BCUT2D eigenvalue weighted by Crippen LogP contribution is 2.13. The van der Waals surface area contributed by atoms with Crippen LogP contribution >= 0.6 is 0 Å². The number of esters is 1. The maximum Gasteiger partial charge on any atom is 0.333 e. The van der Waals surface area contributed by atoms with E-state index in [-0.39, 0.29) is 43.8 Å². The Kier molecular flexibility index (Phi) is 9.96. The van der Waals surface area contributed by atoms with Gasteiger partial charge in [-0.3, -0.25) is 9.79 Å². The minimum Gasteiger partial charge on any atom is -0.462 e. The molecular weight excluding hydrogens is 464 g/mol. The average Bonchev–Trinajstić information content (AvgIpc) is 2.77. The quantitative estimate of drug-likeness (QED) is 0.0575. The van der Waals surface area contributed by atoms with E-state index in [0.717, 1.165) is 12.0 Å². The smallest absolute Gasteiger partial charge is 0.333 e. The van der Waals surface area contributed by atoms with Gasteiger partial charge < -0.3 is 31.6 Å². The van der Waals surface area contributed by atoms with E-state index >= 15 is 0 Å². The molecule has 0 aromatic heterocycles. The maximum atomic E-state index is 12.8. The predicted octanol–water partition coefficient (Wildman–Crippen LogP) is -1.76. The molecule has 1 amide bonds. The summed E-state index contributed by atoms with van der Waals surface area (Å²) in [6, 6.07) is 7.69. The molecule has 1 fully saturated rings. The molecule has 188 valence electrons. The Balaban J connectivity index is 2.01. The Hall–Kier alpha value is -3.03. The number of aldehydes is 1. The molecule has 1 heterocycles. The van der Waals surface area contributed by atoms with Crippen molar-refractivity contribution in [3.63, 3.8) is 0 Å². The lowest BCUT2D eigenvalue weighted by molar-refractivity contribution is -0.154. The number of guanidine groups is 1. The van der Waals surface area contributed by atoms with Gasteiger partial charge in [-0.25, -0.2) is 13.2 Å². The Bertz CT molecular complexity index is 979. The van der Waals surface area contributed by atoms with Crippen LogP contribution in [0.2, 0.25) is 0 Å². The van der Waals surface area contributed by atoms with E-state index in [2.05, 4.69) is 9.71 Å². The zero-order valence-electron chi connectivity index (χ0n) is 18.9. The van der Waals surface area contributed by atoms with E-state index in [4.69, 9.17) is 21.9 Å². The number of carbonyl (C=O) groups is 3. The van der Waals surface area contributed by atoms with E-state index < -0.39 is 40.1 Å². The van der Waals surface area contributed by atoms with Gasteiger partial charge in [0.1, 0.15) is 12.6 Å². The topological polar surface area (TPSA) is 200 Å². The molecule has 2 rings (SSSR count). The van der Waals surface area contributed by atoms with E-state index in [1.54, 1.807) is 24.3 Å². The van der Waals surface area contributed by atoms with Crippen LogP contribution in [0.3, 0.4) is 0 Å². The van der Waals surface area contributed by atoms with Crippen molar-refractivity contribution < 1.29 is 27.5 Å². The molecule has 2 atom stereocenters. The second kappa shape index (κ2) is 12.4. The lowest BCUT2D eigenvalue weighted by Gasteiger charge is -2.34. The molecule has 0 spiro atoms. The molecule has 1 aliphatic rings. The summed E-state index contributed by atoms with van der Waals surface area (Å²) in [5.74, 6) is -1.97. The molecule has 1 aromatic carbocycles. The number of nitrogens with zero attached hydrogens (tertiary/aromatic N) is 2. The SMILES string of the molecule is NC(N)=NCCC[C@](N)(C=O)C(=O)OC[C@@H](NS(=O)(=O)CCc1ccccc1)C(=O)N1CCC1. The van der Waals surface area contributed by atoms with Crippen molar-refractivity contribution >= 4 is 34.1 Å². The van der Waals surface area contributed by atoms with E-state index in [9.17, 15) is 22.8 Å². The van der Waals surface area contributed by atoms with Crippen molar-refractivity contribution in [1.29, 1.82) is 0 Å². The highest BCUT2D eigenvalue weighted by molar-refractivity contribution is 7.89. The van der Waals surface area contributed by atoms with Gasteiger partial charge in [0.25, 0.3) is 0 Å². The van der Waals surface area contributed by atoms with Crippen molar-refractivity contribution in [3.05, 3.63) is 35.9 Å². The van der Waals surface area contributed by atoms with Crippen LogP contribution < -0.4 is 21.9 Å². The number of rotatable bonds is 14. The molecule has 0 aliphatic carbocycles. The number of hydrogen-bond acceptors (Lipinski definition) is 8. The van der Waals surface area contributed by atoms with Gasteiger partial charge in [0, 0.05) is 19.6 Å². The predicted molar refractivity (Wildman–Crippen MR) is 126 cm³/mol. The fourth-order valence-electron chi connectivity index (χ4n) is 3.17. The summed E-state index contributed by atoms with van der Waals surface area (Å²) >= 11 is 0. The molecule has 0 radical (unpaired) electrons. The van der Waals surface area contributed by atoms with E-state index in [1.165, 1.54) is 4.90 Å². The summed E-state index contributed by atoms with van der Waals surface area (Å²) in [4.78, 5) is 42.0. The number of carbonyl (C=O) groups excluding carboxylic acids is 3. The maximum absolute atomic E-state index is 12.8. The van der Waals surface area contributed by atoms with E-state index in [0.29, 0.717) is 13.1 Å². The van der Waals surface area contributed by atoms with Gasteiger partial charge in [-0.1, -0.05) is 30.3 Å². The highest BCUT2D eigenvalue weighted by atomic mass is 32.2. The first-order valence-electron chi connectivity index (χ1n) is 10.9. The second-order valence-electron chi connectivity index (χ2n) is 8.07. The van der Waals surface area contributed by atoms with Crippen molar-refractivity contribution in [1.82, 2.24) is 9.62 Å². The second-order valence-corrected chi connectivity index (χ2v) is 9.94. The number of aryl methyl sites for hydroxylation is 1. The first kappa shape index (κ1) is 27.2. The van der Waals surface area contributed by atoms with Crippen LogP contribution in [-0.4, -0.2) is 81.0 Å². The third-order valence-corrected chi connectivity index (χ3v) is 6.69. The van der Waals surface area contributed by atoms with Gasteiger partial charge in [0.15, 0.2) is 17.8 Å². The van der Waals surface area contributed by atoms with Crippen LogP contribution in [0.1, 0.15) is 24.8 Å². The van der Waals surface area contributed by atoms with Crippen LogP contribution in [-0.2, 0) is 35.6 Å². The largest absolute Gasteiger partial charge is 0.462 e. The standard InChI is InChI=1S/C21H32N6O6S/c22-20(23)25-10-4-9-21(24,15-28)19(30)33-14-17(18(29)27-11-5-12-27)26-34(31,32)13-8-16-6-2-1-3-7-16/h1-3,6-7,15,17,26H,4-5,8-14,24H2,(H4,22,23,25)/t17-,21+/m1/s1. The molecule has 1 aromatic rings. The van der Waals surface area contributed by atoms with Crippen molar-refractivity contribution in [2.45, 2.75) is 37.3 Å². The molecule has 0 bridgehead atoms. The molecule has 7 N–H and O–H groups in total. The first-order chi connectivity index (χ1) is 16.1. The van der Waals surface area contributed by atoms with Crippen LogP contribution in [0, 0.1) is 0 Å². The van der Waals surface area contributed by atoms with Gasteiger partial charge in [-0.2, -0.15) is 4.72 Å². The lowest BCUT2D eigenvalue weighted by atomic mass is 9.96.